The van der Waals surface area contributed by atoms with Crippen LogP contribution >= 0.6 is 11.6 Å². The molecule has 1 fully saturated rings. The van der Waals surface area contributed by atoms with Crippen molar-refractivity contribution in [2.45, 2.75) is 50.8 Å². The van der Waals surface area contributed by atoms with Gasteiger partial charge in [0.25, 0.3) is 0 Å². The summed E-state index contributed by atoms with van der Waals surface area (Å²) in [6, 6.07) is 6.43. The van der Waals surface area contributed by atoms with Gasteiger partial charge in [0.2, 0.25) is 0 Å². The van der Waals surface area contributed by atoms with E-state index >= 15 is 0 Å². The Balaban J connectivity index is 1.80. The largest absolute Gasteiger partial charge is 0.487 e. The number of ether oxygens (including phenoxy) is 1. The van der Waals surface area contributed by atoms with E-state index in [2.05, 4.69) is 18.7 Å². The molecule has 1 aromatic carbocycles. The lowest BCUT2D eigenvalue weighted by Crippen LogP contribution is -2.52. The third kappa shape index (κ3) is 2.54. The second-order valence-electron chi connectivity index (χ2n) is 6.41. The lowest BCUT2D eigenvalue weighted by Gasteiger charge is -2.47. The first-order valence-corrected chi connectivity index (χ1v) is 7.85. The maximum absolute atomic E-state index is 6.36. The number of benzene rings is 1. The molecule has 2 aliphatic rings. The second kappa shape index (κ2) is 5.21. The molecule has 2 heterocycles. The molecule has 0 aromatic heterocycles. The predicted octanol–water partition coefficient (Wildman–Crippen LogP) is 3.37. The minimum atomic E-state index is -0.0777. The third-order valence-electron chi connectivity index (χ3n) is 4.73. The van der Waals surface area contributed by atoms with Crippen LogP contribution in [-0.4, -0.2) is 29.6 Å². The van der Waals surface area contributed by atoms with Crippen LogP contribution in [0.3, 0.4) is 0 Å². The molecule has 2 aliphatic heterocycles. The van der Waals surface area contributed by atoms with Crippen molar-refractivity contribution in [3.63, 3.8) is 0 Å². The Morgan fingerprint density at radius 3 is 2.70 bits per heavy atom. The van der Waals surface area contributed by atoms with Crippen LogP contribution in [0.5, 0.6) is 5.75 Å². The molecule has 4 heteroatoms. The zero-order valence-corrected chi connectivity index (χ0v) is 13.0. The highest BCUT2D eigenvalue weighted by Crippen LogP contribution is 2.44. The number of piperidine rings is 1. The quantitative estimate of drug-likeness (QED) is 0.863. The fourth-order valence-electron chi connectivity index (χ4n) is 3.44. The molecule has 110 valence electrons. The van der Waals surface area contributed by atoms with Crippen LogP contribution in [-0.2, 0) is 0 Å². The molecule has 1 saturated heterocycles. The molecule has 2 N–H and O–H groups in total. The van der Waals surface area contributed by atoms with Crippen LogP contribution < -0.4 is 10.5 Å². The molecule has 0 bridgehead atoms. The van der Waals surface area contributed by atoms with Gasteiger partial charge in [-0.15, -0.1) is 0 Å². The number of halogens is 1. The van der Waals surface area contributed by atoms with Crippen LogP contribution in [0.15, 0.2) is 18.2 Å². The highest BCUT2D eigenvalue weighted by molar-refractivity contribution is 6.30. The average molecular weight is 295 g/mol. The highest BCUT2D eigenvalue weighted by Gasteiger charge is 2.42. The molecule has 3 rings (SSSR count). The van der Waals surface area contributed by atoms with E-state index in [1.165, 1.54) is 0 Å². The summed E-state index contributed by atoms with van der Waals surface area (Å²) in [6.45, 7) is 6.69. The number of hydrogen-bond acceptors (Lipinski definition) is 3. The summed E-state index contributed by atoms with van der Waals surface area (Å²) in [6.07, 6.45) is 3.01. The smallest absolute Gasteiger partial charge is 0.125 e. The van der Waals surface area contributed by atoms with Crippen molar-refractivity contribution in [3.8, 4) is 5.75 Å². The van der Waals surface area contributed by atoms with Crippen molar-refractivity contribution in [1.29, 1.82) is 0 Å². The van der Waals surface area contributed by atoms with Gasteiger partial charge in [0, 0.05) is 42.2 Å². The van der Waals surface area contributed by atoms with E-state index in [0.29, 0.717) is 6.04 Å². The van der Waals surface area contributed by atoms with Crippen molar-refractivity contribution in [1.82, 2.24) is 4.90 Å². The van der Waals surface area contributed by atoms with Crippen LogP contribution in [0.25, 0.3) is 0 Å². The molecule has 1 atom stereocenters. The van der Waals surface area contributed by atoms with E-state index in [0.717, 1.165) is 48.7 Å². The SMILES string of the molecule is CC(C)N1CCC2(CC1)CC(N)c1cc(Cl)ccc1O2. The first kappa shape index (κ1) is 14.2. The van der Waals surface area contributed by atoms with E-state index in [4.69, 9.17) is 22.1 Å². The Hall–Kier alpha value is -0.770. The molecular formula is C16H23ClN2O. The molecule has 1 aromatic rings. The summed E-state index contributed by atoms with van der Waals surface area (Å²) in [7, 11) is 0. The van der Waals surface area contributed by atoms with E-state index in [-0.39, 0.29) is 11.6 Å². The molecule has 3 nitrogen and oxygen atoms in total. The predicted molar refractivity (Wildman–Crippen MR) is 82.3 cm³/mol. The summed E-state index contributed by atoms with van der Waals surface area (Å²) in [5, 5.41) is 0.730. The fraction of sp³-hybridized carbons (Fsp3) is 0.625. The lowest BCUT2D eigenvalue weighted by molar-refractivity contribution is -0.0278. The van der Waals surface area contributed by atoms with E-state index in [9.17, 15) is 0 Å². The summed E-state index contributed by atoms with van der Waals surface area (Å²) in [4.78, 5) is 2.51. The van der Waals surface area contributed by atoms with Crippen molar-refractivity contribution in [3.05, 3.63) is 28.8 Å². The van der Waals surface area contributed by atoms with Crippen LogP contribution in [0.2, 0.25) is 5.02 Å². The second-order valence-corrected chi connectivity index (χ2v) is 6.84. The fourth-order valence-corrected chi connectivity index (χ4v) is 3.62. The van der Waals surface area contributed by atoms with Gasteiger partial charge in [-0.1, -0.05) is 11.6 Å². The molecule has 0 saturated carbocycles. The maximum atomic E-state index is 6.36. The van der Waals surface area contributed by atoms with E-state index < -0.39 is 0 Å². The topological polar surface area (TPSA) is 38.5 Å². The van der Waals surface area contributed by atoms with E-state index in [1.807, 2.05) is 18.2 Å². The van der Waals surface area contributed by atoms with Gasteiger partial charge in [-0.25, -0.2) is 0 Å². The summed E-state index contributed by atoms with van der Waals surface area (Å²) in [5.74, 6) is 0.922. The first-order valence-electron chi connectivity index (χ1n) is 7.47. The summed E-state index contributed by atoms with van der Waals surface area (Å²) >= 11 is 6.06. The maximum Gasteiger partial charge on any atom is 0.125 e. The third-order valence-corrected chi connectivity index (χ3v) is 4.96. The van der Waals surface area contributed by atoms with Gasteiger partial charge in [-0.05, 0) is 44.9 Å². The number of likely N-dealkylation sites (tertiary alicyclic amines) is 1. The molecule has 1 spiro atoms. The molecule has 0 radical (unpaired) electrons. The Kier molecular flexibility index (Phi) is 3.69. The molecule has 1 unspecified atom stereocenters. The average Bonchev–Trinajstić information content (AvgIpc) is 2.40. The number of nitrogens with zero attached hydrogens (tertiary/aromatic N) is 1. The Bertz CT molecular complexity index is 495. The van der Waals surface area contributed by atoms with Crippen LogP contribution in [0.4, 0.5) is 0 Å². The zero-order chi connectivity index (χ0) is 14.3. The van der Waals surface area contributed by atoms with Gasteiger partial charge in [-0.3, -0.25) is 0 Å². The van der Waals surface area contributed by atoms with Crippen molar-refractivity contribution >= 4 is 11.6 Å². The number of hydrogen-bond donors (Lipinski definition) is 1. The van der Waals surface area contributed by atoms with Gasteiger partial charge in [0.1, 0.15) is 11.4 Å². The number of fused-ring (bicyclic) bond motifs is 1. The van der Waals surface area contributed by atoms with Crippen LogP contribution in [0, 0.1) is 0 Å². The number of rotatable bonds is 1. The highest BCUT2D eigenvalue weighted by atomic mass is 35.5. The normalized spacial score (nSPS) is 25.6. The molecular weight excluding hydrogens is 272 g/mol. The minimum absolute atomic E-state index is 0.0306. The molecule has 0 amide bonds. The van der Waals surface area contributed by atoms with Gasteiger partial charge < -0.3 is 15.4 Å². The Morgan fingerprint density at radius 1 is 1.35 bits per heavy atom. The summed E-state index contributed by atoms with van der Waals surface area (Å²) in [5.41, 5.74) is 7.34. The lowest BCUT2D eigenvalue weighted by atomic mass is 9.80. The van der Waals surface area contributed by atoms with Gasteiger partial charge in [0.15, 0.2) is 0 Å². The van der Waals surface area contributed by atoms with Crippen LogP contribution in [0.1, 0.15) is 44.7 Å². The minimum Gasteiger partial charge on any atom is -0.487 e. The van der Waals surface area contributed by atoms with Crippen molar-refractivity contribution in [2.24, 2.45) is 5.73 Å². The number of nitrogens with two attached hydrogens (primary N) is 1. The van der Waals surface area contributed by atoms with Gasteiger partial charge >= 0.3 is 0 Å². The monoisotopic (exact) mass is 294 g/mol. The zero-order valence-electron chi connectivity index (χ0n) is 12.2. The van der Waals surface area contributed by atoms with Gasteiger partial charge in [-0.2, -0.15) is 0 Å². The standard InChI is InChI=1S/C16H23ClN2O/c1-11(2)19-7-5-16(6-8-19)10-14(18)13-9-12(17)3-4-15(13)20-16/h3-4,9,11,14H,5-8,10,18H2,1-2H3. The van der Waals surface area contributed by atoms with Crippen molar-refractivity contribution < 1.29 is 4.74 Å². The van der Waals surface area contributed by atoms with Gasteiger partial charge in [0.05, 0.1) is 0 Å². The Labute approximate surface area is 126 Å². The molecule has 0 aliphatic carbocycles. The van der Waals surface area contributed by atoms with E-state index in [1.54, 1.807) is 0 Å². The van der Waals surface area contributed by atoms with Crippen molar-refractivity contribution in [2.75, 3.05) is 13.1 Å². The molecule has 20 heavy (non-hydrogen) atoms. The first-order chi connectivity index (χ1) is 9.49. The Morgan fingerprint density at radius 2 is 2.05 bits per heavy atom. The summed E-state index contributed by atoms with van der Waals surface area (Å²) < 4.78 is 6.35.